The smallest absolute Gasteiger partial charge is 0.240 e. The fourth-order valence-electron chi connectivity index (χ4n) is 2.65. The summed E-state index contributed by atoms with van der Waals surface area (Å²) in [4.78, 5) is 22.9. The van der Waals surface area contributed by atoms with Gasteiger partial charge < -0.3 is 0 Å². The number of aromatic nitrogens is 4. The molecular weight excluding hydrogens is 316 g/mol. The van der Waals surface area contributed by atoms with Gasteiger partial charge in [-0.2, -0.15) is 5.10 Å². The van der Waals surface area contributed by atoms with Crippen molar-refractivity contribution in [1.82, 2.24) is 24.6 Å². The van der Waals surface area contributed by atoms with Crippen LogP contribution < -0.4 is 5.32 Å². The quantitative estimate of drug-likeness (QED) is 0.746. The first-order chi connectivity index (χ1) is 12.1. The Balaban J connectivity index is 1.82. The fraction of sp³-hybridized carbons (Fsp3) is 0.333. The molecule has 0 aliphatic heterocycles. The summed E-state index contributed by atoms with van der Waals surface area (Å²) in [5, 5.41) is 7.90. The van der Waals surface area contributed by atoms with Crippen LogP contribution in [-0.2, 0) is 11.8 Å². The second-order valence-electron chi connectivity index (χ2n) is 5.88. The number of nitrogens with one attached hydrogen (secondary N) is 1. The number of benzene rings is 1. The minimum atomic E-state index is -0.105. The third-order valence-electron chi connectivity index (χ3n) is 4.13. The normalized spacial score (nSPS) is 11.2. The Morgan fingerprint density at radius 3 is 2.68 bits per heavy atom. The predicted octanol–water partition coefficient (Wildman–Crippen LogP) is 2.31. The van der Waals surface area contributed by atoms with Crippen molar-refractivity contribution in [2.45, 2.75) is 13.8 Å². The van der Waals surface area contributed by atoms with E-state index >= 15 is 0 Å². The van der Waals surface area contributed by atoms with Crippen molar-refractivity contribution < 1.29 is 4.79 Å². The number of carbonyl (C=O) groups excluding carboxylic acids is 1. The zero-order valence-electron chi connectivity index (χ0n) is 14.7. The Morgan fingerprint density at radius 2 is 2.00 bits per heavy atom. The van der Waals surface area contributed by atoms with E-state index in [0.29, 0.717) is 12.5 Å². The molecule has 2 aromatic heterocycles. The van der Waals surface area contributed by atoms with Crippen LogP contribution >= 0.6 is 0 Å². The molecule has 0 unspecified atom stereocenters. The first kappa shape index (κ1) is 17.0. The Labute approximate surface area is 146 Å². The summed E-state index contributed by atoms with van der Waals surface area (Å²) in [7, 11) is 1.89. The molecule has 0 saturated heterocycles. The number of carbonyl (C=O) groups is 1. The lowest BCUT2D eigenvalue weighted by atomic mass is 10.1. The van der Waals surface area contributed by atoms with Gasteiger partial charge in [-0.05, 0) is 24.7 Å². The second-order valence-corrected chi connectivity index (χ2v) is 5.88. The third-order valence-corrected chi connectivity index (χ3v) is 4.13. The van der Waals surface area contributed by atoms with E-state index < -0.39 is 0 Å². The van der Waals surface area contributed by atoms with Crippen LogP contribution in [0.25, 0.3) is 22.0 Å². The van der Waals surface area contributed by atoms with Gasteiger partial charge in [-0.3, -0.25) is 19.7 Å². The summed E-state index contributed by atoms with van der Waals surface area (Å²) in [6.07, 6.45) is 5.49. The maximum atomic E-state index is 12.1. The van der Waals surface area contributed by atoms with E-state index in [1.165, 1.54) is 0 Å². The monoisotopic (exact) mass is 338 g/mol. The number of nitrogens with zero attached hydrogens (tertiary/aromatic N) is 5. The average Bonchev–Trinajstić information content (AvgIpc) is 3.05. The van der Waals surface area contributed by atoms with Crippen molar-refractivity contribution in [2.24, 2.45) is 7.05 Å². The Bertz CT molecular complexity index is 884. The highest BCUT2D eigenvalue weighted by Crippen LogP contribution is 2.23. The molecule has 1 N–H and O–H groups in total. The molecule has 3 aromatic rings. The number of likely N-dealkylation sites (N-methyl/N-ethyl adjacent to an activating group) is 1. The van der Waals surface area contributed by atoms with Crippen molar-refractivity contribution in [3.05, 3.63) is 36.8 Å². The van der Waals surface area contributed by atoms with Crippen LogP contribution in [0.3, 0.4) is 0 Å². The average molecular weight is 338 g/mol. The van der Waals surface area contributed by atoms with Crippen LogP contribution in [0.4, 0.5) is 5.95 Å². The summed E-state index contributed by atoms with van der Waals surface area (Å²) in [5.41, 5.74) is 2.84. The number of hydrogen-bond donors (Lipinski definition) is 1. The molecule has 0 fully saturated rings. The lowest BCUT2D eigenvalue weighted by molar-refractivity contribution is -0.117. The van der Waals surface area contributed by atoms with Crippen molar-refractivity contribution in [2.75, 3.05) is 25.0 Å². The van der Waals surface area contributed by atoms with Gasteiger partial charge in [-0.25, -0.2) is 9.97 Å². The molecule has 3 rings (SSSR count). The van der Waals surface area contributed by atoms with E-state index in [-0.39, 0.29) is 5.91 Å². The number of fused-ring (bicyclic) bond motifs is 1. The molecule has 0 bridgehead atoms. The van der Waals surface area contributed by atoms with Gasteiger partial charge in [0.25, 0.3) is 0 Å². The van der Waals surface area contributed by atoms with Crippen LogP contribution in [0.1, 0.15) is 13.8 Å². The molecule has 0 aliphatic rings. The topological polar surface area (TPSA) is 75.9 Å². The zero-order valence-corrected chi connectivity index (χ0v) is 14.7. The molecule has 0 saturated carbocycles. The second kappa shape index (κ2) is 7.40. The number of hydrogen-bond acceptors (Lipinski definition) is 5. The van der Waals surface area contributed by atoms with E-state index in [1.807, 2.05) is 56.4 Å². The van der Waals surface area contributed by atoms with Crippen molar-refractivity contribution in [1.29, 1.82) is 0 Å². The molecule has 25 heavy (non-hydrogen) atoms. The van der Waals surface area contributed by atoms with Crippen LogP contribution in [0, 0.1) is 0 Å². The molecular formula is C18H22N6O. The standard InChI is InChI=1S/C18H22N6O/c1-4-24(5-2)12-17(25)22-18-19-9-14-7-6-13(8-16(14)21-18)15-10-20-23(3)11-15/h6-11H,4-5,12H2,1-3H3,(H,19,21,22,25). The molecule has 1 aromatic carbocycles. The summed E-state index contributed by atoms with van der Waals surface area (Å²) < 4.78 is 1.76. The maximum Gasteiger partial charge on any atom is 0.240 e. The SMILES string of the molecule is CCN(CC)CC(=O)Nc1ncc2ccc(-c3cnn(C)c3)cc2n1. The van der Waals surface area contributed by atoms with Crippen LogP contribution in [-0.4, -0.2) is 50.2 Å². The number of anilines is 1. The molecule has 1 amide bonds. The molecule has 0 aliphatic carbocycles. The maximum absolute atomic E-state index is 12.1. The van der Waals surface area contributed by atoms with Crippen LogP contribution in [0.2, 0.25) is 0 Å². The van der Waals surface area contributed by atoms with Crippen LogP contribution in [0.15, 0.2) is 36.8 Å². The van der Waals surface area contributed by atoms with Gasteiger partial charge in [-0.15, -0.1) is 0 Å². The molecule has 0 atom stereocenters. The van der Waals surface area contributed by atoms with Crippen molar-refractivity contribution in [3.63, 3.8) is 0 Å². The number of amides is 1. The largest absolute Gasteiger partial charge is 0.295 e. The van der Waals surface area contributed by atoms with E-state index in [1.54, 1.807) is 10.9 Å². The molecule has 2 heterocycles. The Hall–Kier alpha value is -2.80. The van der Waals surface area contributed by atoms with Gasteiger partial charge in [-0.1, -0.05) is 26.0 Å². The van der Waals surface area contributed by atoms with Gasteiger partial charge >= 0.3 is 0 Å². The number of rotatable bonds is 6. The van der Waals surface area contributed by atoms with E-state index in [9.17, 15) is 4.79 Å². The molecule has 0 spiro atoms. The van der Waals surface area contributed by atoms with E-state index in [0.717, 1.165) is 35.1 Å². The third kappa shape index (κ3) is 4.00. The summed E-state index contributed by atoms with van der Waals surface area (Å²) in [6, 6.07) is 5.97. The molecule has 7 heteroatoms. The first-order valence-electron chi connectivity index (χ1n) is 8.37. The highest BCUT2D eigenvalue weighted by Gasteiger charge is 2.10. The minimum Gasteiger partial charge on any atom is -0.295 e. The van der Waals surface area contributed by atoms with Gasteiger partial charge in [0, 0.05) is 30.4 Å². The van der Waals surface area contributed by atoms with Crippen molar-refractivity contribution in [3.8, 4) is 11.1 Å². The van der Waals surface area contributed by atoms with Crippen LogP contribution in [0.5, 0.6) is 0 Å². The van der Waals surface area contributed by atoms with E-state index in [4.69, 9.17) is 0 Å². The highest BCUT2D eigenvalue weighted by molar-refractivity contribution is 5.92. The summed E-state index contributed by atoms with van der Waals surface area (Å²) >= 11 is 0. The minimum absolute atomic E-state index is 0.105. The number of aryl methyl sites for hydroxylation is 1. The lowest BCUT2D eigenvalue weighted by Crippen LogP contribution is -2.33. The van der Waals surface area contributed by atoms with Crippen molar-refractivity contribution >= 4 is 22.8 Å². The first-order valence-corrected chi connectivity index (χ1v) is 8.37. The van der Waals surface area contributed by atoms with Gasteiger partial charge in [0.15, 0.2) is 0 Å². The zero-order chi connectivity index (χ0) is 17.8. The molecule has 7 nitrogen and oxygen atoms in total. The summed E-state index contributed by atoms with van der Waals surface area (Å²) in [6.45, 7) is 6.06. The van der Waals surface area contributed by atoms with E-state index in [2.05, 4.69) is 20.4 Å². The Kier molecular flexibility index (Phi) is 5.04. The van der Waals surface area contributed by atoms with Gasteiger partial charge in [0.05, 0.1) is 18.3 Å². The Morgan fingerprint density at radius 1 is 1.20 bits per heavy atom. The van der Waals surface area contributed by atoms with Gasteiger partial charge in [0.1, 0.15) is 0 Å². The summed E-state index contributed by atoms with van der Waals surface area (Å²) in [5.74, 6) is 0.222. The molecule has 0 radical (unpaired) electrons. The highest BCUT2D eigenvalue weighted by atomic mass is 16.2. The molecule has 130 valence electrons. The van der Waals surface area contributed by atoms with Gasteiger partial charge in [0.2, 0.25) is 11.9 Å². The fourth-order valence-corrected chi connectivity index (χ4v) is 2.65. The predicted molar refractivity (Wildman–Crippen MR) is 98.2 cm³/mol. The lowest BCUT2D eigenvalue weighted by Gasteiger charge is -2.16.